The zero-order valence-corrected chi connectivity index (χ0v) is 14.7. The number of nitrogens with one attached hydrogen (secondary N) is 1. The third-order valence-corrected chi connectivity index (χ3v) is 4.27. The number of H-pyrrole nitrogens is 1. The van der Waals surface area contributed by atoms with Crippen molar-refractivity contribution >= 4 is 17.0 Å². The van der Waals surface area contributed by atoms with Gasteiger partial charge in [0, 0.05) is 30.1 Å². The minimum atomic E-state index is -0.828. The molecule has 7 heteroatoms. The van der Waals surface area contributed by atoms with Crippen molar-refractivity contribution in [1.29, 1.82) is 0 Å². The van der Waals surface area contributed by atoms with Crippen LogP contribution in [0.15, 0.2) is 48.8 Å². The number of hydrogen-bond donors (Lipinski definition) is 2. The fourth-order valence-electron chi connectivity index (χ4n) is 2.94. The molecule has 0 fully saturated rings. The molecule has 0 spiro atoms. The van der Waals surface area contributed by atoms with Gasteiger partial charge in [0.25, 0.3) is 0 Å². The number of aliphatic carboxylic acids is 1. The zero-order chi connectivity index (χ0) is 18.8. The molecular formula is C20H17N5O2. The third kappa shape index (κ3) is 3.52. The predicted octanol–water partition coefficient (Wildman–Crippen LogP) is 3.41. The molecule has 0 aliphatic rings. The average Bonchev–Trinajstić information content (AvgIpc) is 3.15. The maximum absolute atomic E-state index is 10.8. The van der Waals surface area contributed by atoms with E-state index in [1.165, 1.54) is 0 Å². The second-order valence-electron chi connectivity index (χ2n) is 6.28. The fraction of sp³-hybridized carbons (Fsp3) is 0.150. The number of carboxylic acids is 1. The summed E-state index contributed by atoms with van der Waals surface area (Å²) in [4.78, 5) is 24.4. The van der Waals surface area contributed by atoms with Crippen LogP contribution in [0.1, 0.15) is 17.7 Å². The number of carboxylic acid groups (broad SMARTS) is 1. The Kier molecular flexibility index (Phi) is 4.33. The maximum atomic E-state index is 10.8. The molecule has 7 nitrogen and oxygen atoms in total. The van der Waals surface area contributed by atoms with E-state index >= 15 is 0 Å². The van der Waals surface area contributed by atoms with E-state index < -0.39 is 5.97 Å². The Hall–Kier alpha value is -3.61. The summed E-state index contributed by atoms with van der Waals surface area (Å²) in [6.45, 7) is 1.94. The number of aromatic amines is 1. The molecule has 0 amide bonds. The van der Waals surface area contributed by atoms with Crippen LogP contribution in [0.2, 0.25) is 0 Å². The van der Waals surface area contributed by atoms with Gasteiger partial charge in [0.1, 0.15) is 5.69 Å². The van der Waals surface area contributed by atoms with Gasteiger partial charge in [0.2, 0.25) is 0 Å². The van der Waals surface area contributed by atoms with Crippen LogP contribution in [-0.4, -0.2) is 36.2 Å². The molecule has 2 N–H and O–H groups in total. The molecule has 4 aromatic heterocycles. The van der Waals surface area contributed by atoms with Gasteiger partial charge in [-0.1, -0.05) is 6.07 Å². The van der Waals surface area contributed by atoms with E-state index in [0.717, 1.165) is 44.9 Å². The average molecular weight is 359 g/mol. The van der Waals surface area contributed by atoms with Crippen LogP contribution in [0.4, 0.5) is 0 Å². The summed E-state index contributed by atoms with van der Waals surface area (Å²) in [7, 11) is 0. The molecule has 4 aromatic rings. The van der Waals surface area contributed by atoms with Gasteiger partial charge in [-0.25, -0.2) is 4.98 Å². The Morgan fingerprint density at radius 2 is 2.00 bits per heavy atom. The highest BCUT2D eigenvalue weighted by Gasteiger charge is 2.14. The largest absolute Gasteiger partial charge is 0.481 e. The van der Waals surface area contributed by atoms with Gasteiger partial charge in [-0.05, 0) is 49.2 Å². The molecule has 0 saturated carbocycles. The molecule has 0 unspecified atom stereocenters. The Balaban J connectivity index is 1.74. The molecule has 4 rings (SSSR count). The van der Waals surface area contributed by atoms with Gasteiger partial charge in [-0.3, -0.25) is 19.9 Å². The van der Waals surface area contributed by atoms with Crippen LogP contribution in [0.3, 0.4) is 0 Å². The lowest BCUT2D eigenvalue weighted by molar-refractivity contribution is -0.136. The second-order valence-corrected chi connectivity index (χ2v) is 6.28. The Morgan fingerprint density at radius 3 is 2.81 bits per heavy atom. The van der Waals surface area contributed by atoms with E-state index in [-0.39, 0.29) is 6.42 Å². The smallest absolute Gasteiger partial charge is 0.303 e. The molecule has 0 radical (unpaired) electrons. The summed E-state index contributed by atoms with van der Waals surface area (Å²) in [6.07, 6.45) is 3.99. The Labute approximate surface area is 155 Å². The third-order valence-electron chi connectivity index (χ3n) is 4.27. The molecule has 0 saturated heterocycles. The topological polar surface area (TPSA) is 105 Å². The first kappa shape index (κ1) is 16.8. The van der Waals surface area contributed by atoms with Crippen LogP contribution in [0.5, 0.6) is 0 Å². The lowest BCUT2D eigenvalue weighted by atomic mass is 10.1. The van der Waals surface area contributed by atoms with Crippen molar-refractivity contribution in [3.63, 3.8) is 0 Å². The van der Waals surface area contributed by atoms with E-state index in [9.17, 15) is 4.79 Å². The molecule has 4 heterocycles. The summed E-state index contributed by atoms with van der Waals surface area (Å²) >= 11 is 0. The van der Waals surface area contributed by atoms with E-state index in [4.69, 9.17) is 10.1 Å². The summed E-state index contributed by atoms with van der Waals surface area (Å²) in [5.41, 5.74) is 6.37. The molecule has 0 aromatic carbocycles. The Morgan fingerprint density at radius 1 is 1.11 bits per heavy atom. The van der Waals surface area contributed by atoms with Crippen molar-refractivity contribution in [3.05, 3.63) is 60.0 Å². The molecule has 0 bridgehead atoms. The summed E-state index contributed by atoms with van der Waals surface area (Å²) < 4.78 is 0. The Bertz CT molecular complexity index is 1140. The number of aryl methyl sites for hydroxylation is 2. The molecule has 0 aliphatic carbocycles. The van der Waals surface area contributed by atoms with Crippen molar-refractivity contribution in [2.45, 2.75) is 19.8 Å². The molecular weight excluding hydrogens is 342 g/mol. The number of carbonyl (C=O) groups is 1. The predicted molar refractivity (Wildman–Crippen MR) is 101 cm³/mol. The van der Waals surface area contributed by atoms with Gasteiger partial charge in [0.05, 0.1) is 22.4 Å². The summed E-state index contributed by atoms with van der Waals surface area (Å²) in [5.74, 6) is -0.828. The standard InChI is InChI=1S/C20H17N5O2/c1-12-3-2-4-17(23-12)20-14(11-22-25-20)15-6-7-16-18(24-15)9-13(10-21-16)5-8-19(26)27/h2-4,6-7,9-11H,5,8H2,1H3,(H,22,25)(H,26,27). The quantitative estimate of drug-likeness (QED) is 0.566. The number of nitrogens with zero attached hydrogens (tertiary/aromatic N) is 4. The number of hydrogen-bond acceptors (Lipinski definition) is 5. The van der Waals surface area contributed by atoms with E-state index in [1.807, 2.05) is 43.3 Å². The highest BCUT2D eigenvalue weighted by Crippen LogP contribution is 2.29. The van der Waals surface area contributed by atoms with Crippen molar-refractivity contribution in [1.82, 2.24) is 25.1 Å². The van der Waals surface area contributed by atoms with Crippen molar-refractivity contribution < 1.29 is 9.90 Å². The first-order chi connectivity index (χ1) is 13.1. The fourth-order valence-corrected chi connectivity index (χ4v) is 2.94. The van der Waals surface area contributed by atoms with Crippen LogP contribution in [0.25, 0.3) is 33.7 Å². The van der Waals surface area contributed by atoms with Crippen molar-refractivity contribution in [3.8, 4) is 22.6 Å². The first-order valence-corrected chi connectivity index (χ1v) is 8.56. The zero-order valence-electron chi connectivity index (χ0n) is 14.7. The highest BCUT2D eigenvalue weighted by molar-refractivity contribution is 5.82. The van der Waals surface area contributed by atoms with Gasteiger partial charge >= 0.3 is 5.97 Å². The number of aromatic nitrogens is 5. The normalized spacial score (nSPS) is 11.0. The van der Waals surface area contributed by atoms with Crippen LogP contribution >= 0.6 is 0 Å². The van der Waals surface area contributed by atoms with Gasteiger partial charge in [0.15, 0.2) is 0 Å². The van der Waals surface area contributed by atoms with Crippen molar-refractivity contribution in [2.24, 2.45) is 0 Å². The van der Waals surface area contributed by atoms with E-state index in [2.05, 4.69) is 20.2 Å². The number of rotatable bonds is 5. The van der Waals surface area contributed by atoms with Crippen LogP contribution < -0.4 is 0 Å². The molecule has 27 heavy (non-hydrogen) atoms. The minimum Gasteiger partial charge on any atom is -0.481 e. The number of fused-ring (bicyclic) bond motifs is 1. The molecule has 134 valence electrons. The van der Waals surface area contributed by atoms with Gasteiger partial charge in [-0.15, -0.1) is 0 Å². The molecule has 0 atom stereocenters. The van der Waals surface area contributed by atoms with Gasteiger partial charge in [-0.2, -0.15) is 5.10 Å². The minimum absolute atomic E-state index is 0.0672. The SMILES string of the molecule is Cc1cccc(-c2n[nH]cc2-c2ccc3ncc(CCC(=O)O)cc3n2)n1. The summed E-state index contributed by atoms with van der Waals surface area (Å²) in [6, 6.07) is 11.5. The second kappa shape index (κ2) is 6.95. The van der Waals surface area contributed by atoms with Crippen molar-refractivity contribution in [2.75, 3.05) is 0 Å². The lowest BCUT2D eigenvalue weighted by Crippen LogP contribution is -1.98. The summed E-state index contributed by atoms with van der Waals surface area (Å²) in [5, 5.41) is 16.1. The first-order valence-electron chi connectivity index (χ1n) is 8.56. The maximum Gasteiger partial charge on any atom is 0.303 e. The monoisotopic (exact) mass is 359 g/mol. The highest BCUT2D eigenvalue weighted by atomic mass is 16.4. The lowest BCUT2D eigenvalue weighted by Gasteiger charge is -2.05. The number of pyridine rings is 3. The molecule has 0 aliphatic heterocycles. The van der Waals surface area contributed by atoms with Crippen LogP contribution in [0, 0.1) is 6.92 Å². The van der Waals surface area contributed by atoms with Crippen LogP contribution in [-0.2, 0) is 11.2 Å². The van der Waals surface area contributed by atoms with Gasteiger partial charge < -0.3 is 5.11 Å². The van der Waals surface area contributed by atoms with E-state index in [1.54, 1.807) is 12.4 Å². The van der Waals surface area contributed by atoms with E-state index in [0.29, 0.717) is 6.42 Å².